The molecule has 0 saturated heterocycles. The van der Waals surface area contributed by atoms with Crippen molar-refractivity contribution < 1.29 is 32.6 Å². The zero-order valence-electron chi connectivity index (χ0n) is 13.2. The molecule has 1 aromatic carbocycles. The van der Waals surface area contributed by atoms with Crippen molar-refractivity contribution in [2.75, 3.05) is 5.32 Å². The van der Waals surface area contributed by atoms with Crippen LogP contribution in [0.5, 0.6) is 5.75 Å². The van der Waals surface area contributed by atoms with Gasteiger partial charge >= 0.3 is 18.4 Å². The number of hydrogen-bond acceptors (Lipinski definition) is 3. The molecule has 6 nitrogen and oxygen atoms in total. The van der Waals surface area contributed by atoms with Gasteiger partial charge in [0.1, 0.15) is 11.3 Å². The Balaban J connectivity index is 2.75. The first kappa shape index (κ1) is 19.6. The van der Waals surface area contributed by atoms with Crippen LogP contribution in [0, 0.1) is 0 Å². The maximum absolute atomic E-state index is 12.1. The Hall–Kier alpha value is -2.45. The number of rotatable bonds is 7. The molecule has 2 amide bonds. The summed E-state index contributed by atoms with van der Waals surface area (Å²) in [6, 6.07) is 3.76. The van der Waals surface area contributed by atoms with E-state index in [4.69, 9.17) is 0 Å². The number of nitrogens with one attached hydrogen (secondary N) is 2. The Bertz CT molecular complexity index is 575. The van der Waals surface area contributed by atoms with Gasteiger partial charge in [0.2, 0.25) is 0 Å². The topological polar surface area (TPSA) is 87.7 Å². The molecule has 1 aromatic rings. The van der Waals surface area contributed by atoms with Crippen molar-refractivity contribution >= 4 is 17.7 Å². The van der Waals surface area contributed by atoms with Gasteiger partial charge in [0.15, 0.2) is 0 Å². The minimum atomic E-state index is -4.80. The van der Waals surface area contributed by atoms with Gasteiger partial charge in [-0.05, 0) is 37.1 Å². The standard InChI is InChI=1S/C15H19F3N2O4/c1-3-9-14(4-2,12(21)22)20-13(23)19-10-5-7-11(8-6-10)24-15(16,17)18/h5-8H,3-4,9H2,1-2H3,(H,21,22)(H2,19,20,23)/t14-/m0/s1. The van der Waals surface area contributed by atoms with Gasteiger partial charge in [-0.3, -0.25) is 0 Å². The summed E-state index contributed by atoms with van der Waals surface area (Å²) in [6.07, 6.45) is -3.79. The summed E-state index contributed by atoms with van der Waals surface area (Å²) in [7, 11) is 0. The maximum atomic E-state index is 12.1. The summed E-state index contributed by atoms with van der Waals surface area (Å²) in [5.74, 6) is -1.57. The monoisotopic (exact) mass is 348 g/mol. The Morgan fingerprint density at radius 2 is 1.75 bits per heavy atom. The predicted molar refractivity (Wildman–Crippen MR) is 80.8 cm³/mol. The van der Waals surface area contributed by atoms with Crippen LogP contribution in [0.3, 0.4) is 0 Å². The highest BCUT2D eigenvalue weighted by Gasteiger charge is 2.37. The third-order valence-electron chi connectivity index (χ3n) is 3.39. The van der Waals surface area contributed by atoms with E-state index < -0.39 is 29.7 Å². The van der Waals surface area contributed by atoms with E-state index in [9.17, 15) is 27.9 Å². The summed E-state index contributed by atoms with van der Waals surface area (Å²) in [5, 5.41) is 14.2. The van der Waals surface area contributed by atoms with Gasteiger partial charge in [0, 0.05) is 5.69 Å². The minimum absolute atomic E-state index is 0.196. The molecule has 0 aliphatic carbocycles. The van der Waals surface area contributed by atoms with E-state index in [1.165, 1.54) is 12.1 Å². The molecular weight excluding hydrogens is 329 g/mol. The number of alkyl halides is 3. The lowest BCUT2D eigenvalue weighted by molar-refractivity contribution is -0.274. The van der Waals surface area contributed by atoms with Crippen molar-refractivity contribution in [3.05, 3.63) is 24.3 Å². The molecule has 0 spiro atoms. The molecule has 9 heteroatoms. The van der Waals surface area contributed by atoms with Crippen LogP contribution in [0.1, 0.15) is 33.1 Å². The molecule has 0 fully saturated rings. The van der Waals surface area contributed by atoms with Crippen molar-refractivity contribution in [2.45, 2.75) is 45.0 Å². The van der Waals surface area contributed by atoms with E-state index in [2.05, 4.69) is 15.4 Å². The zero-order chi connectivity index (χ0) is 18.4. The molecular formula is C15H19F3N2O4. The van der Waals surface area contributed by atoms with E-state index in [-0.39, 0.29) is 18.5 Å². The SMILES string of the molecule is CCC[C@](CC)(NC(=O)Nc1ccc(OC(F)(F)F)cc1)C(=O)O. The number of hydrogen-bond donors (Lipinski definition) is 3. The number of amides is 2. The predicted octanol–water partition coefficient (Wildman–Crippen LogP) is 3.74. The summed E-state index contributed by atoms with van der Waals surface area (Å²) in [4.78, 5) is 23.4. The number of carboxylic acid groups (broad SMARTS) is 1. The van der Waals surface area contributed by atoms with Crippen LogP contribution >= 0.6 is 0 Å². The quantitative estimate of drug-likeness (QED) is 0.700. The first-order valence-electron chi connectivity index (χ1n) is 7.30. The van der Waals surface area contributed by atoms with Gasteiger partial charge < -0.3 is 20.5 Å². The van der Waals surface area contributed by atoms with Gasteiger partial charge in [0.25, 0.3) is 0 Å². The number of ether oxygens (including phenoxy) is 1. The van der Waals surface area contributed by atoms with Crippen LogP contribution in [0.15, 0.2) is 24.3 Å². The summed E-state index contributed by atoms with van der Waals surface area (Å²) in [5.41, 5.74) is -1.19. The van der Waals surface area contributed by atoms with Gasteiger partial charge in [0.05, 0.1) is 0 Å². The van der Waals surface area contributed by atoms with E-state index in [1.54, 1.807) is 13.8 Å². The van der Waals surface area contributed by atoms with Crippen LogP contribution in [0.2, 0.25) is 0 Å². The molecule has 1 rings (SSSR count). The van der Waals surface area contributed by atoms with Crippen molar-refractivity contribution in [1.29, 1.82) is 0 Å². The molecule has 1 atom stereocenters. The molecule has 0 saturated carbocycles. The number of benzene rings is 1. The van der Waals surface area contributed by atoms with Crippen molar-refractivity contribution in [1.82, 2.24) is 5.32 Å². The molecule has 0 aliphatic rings. The molecule has 3 N–H and O–H groups in total. The first-order valence-corrected chi connectivity index (χ1v) is 7.30. The summed E-state index contributed by atoms with van der Waals surface area (Å²) >= 11 is 0. The average Bonchev–Trinajstić information content (AvgIpc) is 2.47. The fraction of sp³-hybridized carbons (Fsp3) is 0.467. The molecule has 134 valence electrons. The molecule has 0 aromatic heterocycles. The highest BCUT2D eigenvalue weighted by atomic mass is 19.4. The normalized spacial score (nSPS) is 13.7. The highest BCUT2D eigenvalue weighted by molar-refractivity contribution is 5.93. The number of anilines is 1. The smallest absolute Gasteiger partial charge is 0.480 e. The van der Waals surface area contributed by atoms with Gasteiger partial charge in [-0.15, -0.1) is 13.2 Å². The van der Waals surface area contributed by atoms with Crippen LogP contribution < -0.4 is 15.4 Å². The Labute approximate surface area is 137 Å². The number of urea groups is 1. The second kappa shape index (κ2) is 7.89. The highest BCUT2D eigenvalue weighted by Crippen LogP contribution is 2.24. The maximum Gasteiger partial charge on any atom is 0.573 e. The Morgan fingerprint density at radius 3 is 2.17 bits per heavy atom. The van der Waals surface area contributed by atoms with Gasteiger partial charge in [-0.25, -0.2) is 9.59 Å². The van der Waals surface area contributed by atoms with Crippen LogP contribution in [0.4, 0.5) is 23.7 Å². The van der Waals surface area contributed by atoms with Crippen LogP contribution in [-0.4, -0.2) is 29.0 Å². The number of aliphatic carboxylic acids is 1. The molecule has 0 unspecified atom stereocenters. The van der Waals surface area contributed by atoms with Crippen molar-refractivity contribution in [2.24, 2.45) is 0 Å². The number of carbonyl (C=O) groups is 2. The molecule has 24 heavy (non-hydrogen) atoms. The molecule has 0 aliphatic heterocycles. The van der Waals surface area contributed by atoms with E-state index in [1.807, 2.05) is 0 Å². The lowest BCUT2D eigenvalue weighted by Gasteiger charge is -2.29. The molecule has 0 radical (unpaired) electrons. The largest absolute Gasteiger partial charge is 0.573 e. The molecule has 0 bridgehead atoms. The van der Waals surface area contributed by atoms with E-state index in [0.29, 0.717) is 6.42 Å². The van der Waals surface area contributed by atoms with E-state index >= 15 is 0 Å². The fourth-order valence-corrected chi connectivity index (χ4v) is 2.19. The molecule has 0 heterocycles. The summed E-state index contributed by atoms with van der Waals surface area (Å²) < 4.78 is 39.9. The lowest BCUT2D eigenvalue weighted by atomic mass is 9.91. The minimum Gasteiger partial charge on any atom is -0.480 e. The number of carboxylic acids is 1. The van der Waals surface area contributed by atoms with Gasteiger partial charge in [-0.2, -0.15) is 0 Å². The fourth-order valence-electron chi connectivity index (χ4n) is 2.19. The van der Waals surface area contributed by atoms with Crippen LogP contribution in [0.25, 0.3) is 0 Å². The van der Waals surface area contributed by atoms with Crippen LogP contribution in [-0.2, 0) is 4.79 Å². The summed E-state index contributed by atoms with van der Waals surface area (Å²) in [6.45, 7) is 3.44. The van der Waals surface area contributed by atoms with Crippen molar-refractivity contribution in [3.63, 3.8) is 0 Å². The zero-order valence-corrected chi connectivity index (χ0v) is 13.2. The van der Waals surface area contributed by atoms with Crippen molar-refractivity contribution in [3.8, 4) is 5.75 Å². The number of halogens is 3. The lowest BCUT2D eigenvalue weighted by Crippen LogP contribution is -2.55. The second-order valence-electron chi connectivity index (χ2n) is 5.14. The average molecular weight is 348 g/mol. The third kappa shape index (κ3) is 5.64. The number of carbonyl (C=O) groups excluding carboxylic acids is 1. The van der Waals surface area contributed by atoms with Gasteiger partial charge in [-0.1, -0.05) is 20.3 Å². The van der Waals surface area contributed by atoms with E-state index in [0.717, 1.165) is 12.1 Å². The Morgan fingerprint density at radius 1 is 1.17 bits per heavy atom. The third-order valence-corrected chi connectivity index (χ3v) is 3.39. The second-order valence-corrected chi connectivity index (χ2v) is 5.14. The Kier molecular flexibility index (Phi) is 6.44. The first-order chi connectivity index (χ1) is 11.1.